The number of nitrogens with zero attached hydrogens (tertiary/aromatic N) is 2. The van der Waals surface area contributed by atoms with Gasteiger partial charge in [-0.15, -0.1) is 0 Å². The van der Waals surface area contributed by atoms with Gasteiger partial charge >= 0.3 is 0 Å². The molecule has 0 fully saturated rings. The third-order valence-corrected chi connectivity index (χ3v) is 2.73. The summed E-state index contributed by atoms with van der Waals surface area (Å²) in [5.74, 6) is -7.44. The molecule has 0 atom stereocenters. The molecule has 1 aromatic heterocycles. The summed E-state index contributed by atoms with van der Waals surface area (Å²) < 4.78 is 41.1. The van der Waals surface area contributed by atoms with Crippen LogP contribution in [0.25, 0.3) is 0 Å². The summed E-state index contributed by atoms with van der Waals surface area (Å²) in [5.41, 5.74) is 5.07. The van der Waals surface area contributed by atoms with E-state index in [1.54, 1.807) is 7.05 Å². The first kappa shape index (κ1) is 14.9. The molecule has 0 spiro atoms. The van der Waals surface area contributed by atoms with Crippen molar-refractivity contribution in [3.8, 4) is 5.75 Å². The normalized spacial score (nSPS) is 10.7. The molecule has 4 N–H and O–H groups in total. The number of benzene rings is 1. The highest BCUT2D eigenvalue weighted by Crippen LogP contribution is 2.26. The van der Waals surface area contributed by atoms with Crippen molar-refractivity contribution in [3.63, 3.8) is 0 Å². The van der Waals surface area contributed by atoms with Crippen LogP contribution in [0, 0.1) is 17.5 Å². The Morgan fingerprint density at radius 2 is 2.10 bits per heavy atom. The maximum atomic E-state index is 13.6. The van der Waals surface area contributed by atoms with E-state index in [1.165, 1.54) is 10.9 Å². The summed E-state index contributed by atoms with van der Waals surface area (Å²) >= 11 is 0. The number of hydrogen-bond donors (Lipinski definition) is 3. The van der Waals surface area contributed by atoms with E-state index in [4.69, 9.17) is 10.8 Å². The first-order valence-corrected chi connectivity index (χ1v) is 5.75. The first-order chi connectivity index (χ1) is 9.85. The standard InChI is InChI=1S/C12H11F3N4O2/c1-19-4-5(3-16)11(18-19)17-12(21)6-2-7(13)9(15)10(20)8(6)14/h2,4,20H,3,16H2,1H3,(H,17,18,21). The molecule has 6 nitrogen and oxygen atoms in total. The molecule has 0 unspecified atom stereocenters. The van der Waals surface area contributed by atoms with Gasteiger partial charge < -0.3 is 16.2 Å². The van der Waals surface area contributed by atoms with Crippen LogP contribution >= 0.6 is 0 Å². The van der Waals surface area contributed by atoms with Crippen LogP contribution in [-0.2, 0) is 13.6 Å². The summed E-state index contributed by atoms with van der Waals surface area (Å²) in [7, 11) is 1.58. The van der Waals surface area contributed by atoms with Gasteiger partial charge in [0, 0.05) is 25.4 Å². The molecule has 1 aromatic carbocycles. The van der Waals surface area contributed by atoms with Crippen LogP contribution in [-0.4, -0.2) is 20.8 Å². The van der Waals surface area contributed by atoms with Crippen LogP contribution in [0.5, 0.6) is 5.75 Å². The maximum absolute atomic E-state index is 13.6. The van der Waals surface area contributed by atoms with E-state index in [0.717, 1.165) is 0 Å². The molecular weight excluding hydrogens is 289 g/mol. The highest BCUT2D eigenvalue weighted by Gasteiger charge is 2.23. The number of nitrogens with two attached hydrogens (primary N) is 1. The van der Waals surface area contributed by atoms with Crippen molar-refractivity contribution < 1.29 is 23.1 Å². The lowest BCUT2D eigenvalue weighted by Crippen LogP contribution is -2.17. The second-order valence-electron chi connectivity index (χ2n) is 4.22. The van der Waals surface area contributed by atoms with E-state index in [0.29, 0.717) is 11.6 Å². The number of aromatic nitrogens is 2. The van der Waals surface area contributed by atoms with Crippen LogP contribution in [0.2, 0.25) is 0 Å². The van der Waals surface area contributed by atoms with Crippen LogP contribution in [0.15, 0.2) is 12.3 Å². The number of aromatic hydroxyl groups is 1. The van der Waals surface area contributed by atoms with Crippen molar-refractivity contribution >= 4 is 11.7 Å². The molecule has 112 valence electrons. The minimum Gasteiger partial charge on any atom is -0.503 e. The van der Waals surface area contributed by atoms with Crippen molar-refractivity contribution in [2.24, 2.45) is 12.8 Å². The highest BCUT2D eigenvalue weighted by molar-refractivity contribution is 6.04. The molecule has 1 heterocycles. The van der Waals surface area contributed by atoms with E-state index in [9.17, 15) is 18.0 Å². The van der Waals surface area contributed by atoms with Gasteiger partial charge in [0.05, 0.1) is 5.56 Å². The van der Waals surface area contributed by atoms with Gasteiger partial charge in [0.15, 0.2) is 23.2 Å². The van der Waals surface area contributed by atoms with Crippen molar-refractivity contribution in [3.05, 3.63) is 40.8 Å². The Morgan fingerprint density at radius 3 is 2.71 bits per heavy atom. The van der Waals surface area contributed by atoms with Gasteiger partial charge in [0.25, 0.3) is 5.91 Å². The quantitative estimate of drug-likeness (QED) is 0.744. The lowest BCUT2D eigenvalue weighted by Gasteiger charge is -2.07. The predicted molar refractivity (Wildman–Crippen MR) is 67.0 cm³/mol. The van der Waals surface area contributed by atoms with E-state index in [1.807, 2.05) is 0 Å². The Hall–Kier alpha value is -2.55. The van der Waals surface area contributed by atoms with E-state index in [-0.39, 0.29) is 12.4 Å². The zero-order valence-corrected chi connectivity index (χ0v) is 10.8. The fourth-order valence-electron chi connectivity index (χ4n) is 1.72. The lowest BCUT2D eigenvalue weighted by molar-refractivity contribution is 0.102. The topological polar surface area (TPSA) is 93.2 Å². The monoisotopic (exact) mass is 300 g/mol. The first-order valence-electron chi connectivity index (χ1n) is 5.75. The number of amides is 1. The number of phenolic OH excluding ortho intramolecular Hbond substituents is 1. The third-order valence-electron chi connectivity index (χ3n) is 2.73. The predicted octanol–water partition coefficient (Wildman–Crippen LogP) is 1.25. The molecule has 0 bridgehead atoms. The van der Waals surface area contributed by atoms with E-state index >= 15 is 0 Å². The molecule has 2 rings (SSSR count). The Morgan fingerprint density at radius 1 is 1.43 bits per heavy atom. The molecule has 2 aromatic rings. The third kappa shape index (κ3) is 2.68. The molecule has 0 aliphatic heterocycles. The van der Waals surface area contributed by atoms with Crippen LogP contribution in [0.3, 0.4) is 0 Å². The number of aryl methyl sites for hydroxylation is 1. The number of rotatable bonds is 3. The molecule has 0 saturated carbocycles. The Balaban J connectivity index is 2.37. The van der Waals surface area contributed by atoms with Crippen molar-refractivity contribution in [1.29, 1.82) is 0 Å². The maximum Gasteiger partial charge on any atom is 0.260 e. The lowest BCUT2D eigenvalue weighted by atomic mass is 10.1. The van der Waals surface area contributed by atoms with Gasteiger partial charge in [-0.3, -0.25) is 9.48 Å². The van der Waals surface area contributed by atoms with Gasteiger partial charge in [-0.25, -0.2) is 8.78 Å². The highest BCUT2D eigenvalue weighted by atomic mass is 19.2. The largest absolute Gasteiger partial charge is 0.503 e. The summed E-state index contributed by atoms with van der Waals surface area (Å²) in [6.45, 7) is 0.0644. The number of phenols is 1. The minimum atomic E-state index is -1.76. The van der Waals surface area contributed by atoms with Crippen LogP contribution in [0.1, 0.15) is 15.9 Å². The van der Waals surface area contributed by atoms with Gasteiger partial charge in [-0.05, 0) is 6.07 Å². The van der Waals surface area contributed by atoms with Gasteiger partial charge in [0.1, 0.15) is 0 Å². The average Bonchev–Trinajstić information content (AvgIpc) is 2.80. The van der Waals surface area contributed by atoms with Crippen molar-refractivity contribution in [2.75, 3.05) is 5.32 Å². The number of anilines is 1. The number of nitrogens with one attached hydrogen (secondary N) is 1. The number of carbonyl (C=O) groups is 1. The zero-order chi connectivity index (χ0) is 15.7. The van der Waals surface area contributed by atoms with Gasteiger partial charge in [-0.1, -0.05) is 0 Å². The minimum absolute atomic E-state index is 0.0635. The molecule has 0 aliphatic carbocycles. The number of halogens is 3. The molecule has 0 aliphatic rings. The van der Waals surface area contributed by atoms with Crippen LogP contribution in [0.4, 0.5) is 19.0 Å². The Kier molecular flexibility index (Phi) is 3.85. The van der Waals surface area contributed by atoms with Gasteiger partial charge in [-0.2, -0.15) is 9.49 Å². The number of hydrogen-bond acceptors (Lipinski definition) is 4. The second-order valence-corrected chi connectivity index (χ2v) is 4.22. The van der Waals surface area contributed by atoms with Crippen molar-refractivity contribution in [1.82, 2.24) is 9.78 Å². The van der Waals surface area contributed by atoms with E-state index < -0.39 is 34.7 Å². The average molecular weight is 300 g/mol. The fraction of sp³-hybridized carbons (Fsp3) is 0.167. The van der Waals surface area contributed by atoms with E-state index in [2.05, 4.69) is 10.4 Å². The smallest absolute Gasteiger partial charge is 0.260 e. The van der Waals surface area contributed by atoms with Gasteiger partial charge in [0.2, 0.25) is 5.82 Å². The molecule has 0 radical (unpaired) electrons. The molecule has 1 amide bonds. The van der Waals surface area contributed by atoms with Crippen molar-refractivity contribution in [2.45, 2.75) is 6.54 Å². The Bertz CT molecular complexity index is 715. The summed E-state index contributed by atoms with van der Waals surface area (Å²) in [4.78, 5) is 11.9. The fourth-order valence-corrected chi connectivity index (χ4v) is 1.72. The summed E-state index contributed by atoms with van der Waals surface area (Å²) in [6.07, 6.45) is 1.54. The zero-order valence-electron chi connectivity index (χ0n) is 10.8. The summed E-state index contributed by atoms with van der Waals surface area (Å²) in [5, 5.41) is 15.2. The molecule has 9 heteroatoms. The Labute approximate surface area is 117 Å². The molecule has 0 saturated heterocycles. The second kappa shape index (κ2) is 5.44. The van der Waals surface area contributed by atoms with Crippen LogP contribution < -0.4 is 11.1 Å². The SMILES string of the molecule is Cn1cc(CN)c(NC(=O)c2cc(F)c(F)c(O)c2F)n1. The molecular formula is C12H11F3N4O2. The molecule has 21 heavy (non-hydrogen) atoms. The summed E-state index contributed by atoms with van der Waals surface area (Å²) in [6, 6.07) is 0.352. The number of carbonyl (C=O) groups excluding carboxylic acids is 1.